The van der Waals surface area contributed by atoms with Gasteiger partial charge >= 0.3 is 0 Å². The smallest absolute Gasteiger partial charge is 0.262 e. The standard InChI is InChI=1S/C15H15NO3S/c17-14-5-2-6-15(10-14)20(18,19)16-13-8-7-11-3-1-4-12(11)9-13/h2,5-10,16-17H,1,3-4H2. The Balaban J connectivity index is 1.90. The summed E-state index contributed by atoms with van der Waals surface area (Å²) in [5, 5.41) is 9.38. The van der Waals surface area contributed by atoms with Crippen molar-refractivity contribution >= 4 is 15.7 Å². The summed E-state index contributed by atoms with van der Waals surface area (Å²) >= 11 is 0. The average molecular weight is 289 g/mol. The first kappa shape index (κ1) is 13.0. The zero-order valence-corrected chi connectivity index (χ0v) is 11.7. The molecular weight excluding hydrogens is 274 g/mol. The van der Waals surface area contributed by atoms with Crippen molar-refractivity contribution in [3.8, 4) is 5.75 Å². The van der Waals surface area contributed by atoms with Crippen LogP contribution in [0.5, 0.6) is 5.75 Å². The minimum Gasteiger partial charge on any atom is -0.508 e. The lowest BCUT2D eigenvalue weighted by molar-refractivity contribution is 0.473. The van der Waals surface area contributed by atoms with Crippen LogP contribution < -0.4 is 4.72 Å². The molecule has 0 aromatic heterocycles. The Hall–Kier alpha value is -2.01. The third-order valence-corrected chi connectivity index (χ3v) is 4.86. The maximum absolute atomic E-state index is 12.2. The summed E-state index contributed by atoms with van der Waals surface area (Å²) in [6, 6.07) is 11.3. The predicted molar refractivity (Wildman–Crippen MR) is 77.4 cm³/mol. The molecule has 0 spiro atoms. The van der Waals surface area contributed by atoms with E-state index in [0.717, 1.165) is 19.3 Å². The van der Waals surface area contributed by atoms with E-state index in [9.17, 15) is 13.5 Å². The van der Waals surface area contributed by atoms with Gasteiger partial charge in [-0.05, 0) is 54.7 Å². The molecule has 2 N–H and O–H groups in total. The molecular formula is C15H15NO3S. The highest BCUT2D eigenvalue weighted by Gasteiger charge is 2.16. The molecule has 2 aromatic carbocycles. The Kier molecular flexibility index (Phi) is 3.14. The minimum atomic E-state index is -3.66. The highest BCUT2D eigenvalue weighted by atomic mass is 32.2. The first-order valence-corrected chi connectivity index (χ1v) is 7.96. The molecule has 0 heterocycles. The Labute approximate surface area is 118 Å². The average Bonchev–Trinajstić information content (AvgIpc) is 2.85. The summed E-state index contributed by atoms with van der Waals surface area (Å²) in [6.45, 7) is 0. The Morgan fingerprint density at radius 1 is 1.00 bits per heavy atom. The van der Waals surface area contributed by atoms with Crippen LogP contribution in [0.25, 0.3) is 0 Å². The van der Waals surface area contributed by atoms with Gasteiger partial charge in [-0.1, -0.05) is 12.1 Å². The zero-order valence-electron chi connectivity index (χ0n) is 10.8. The molecule has 0 radical (unpaired) electrons. The quantitative estimate of drug-likeness (QED) is 0.913. The van der Waals surface area contributed by atoms with E-state index in [2.05, 4.69) is 4.72 Å². The van der Waals surface area contributed by atoms with Gasteiger partial charge in [-0.15, -0.1) is 0 Å². The second-order valence-corrected chi connectivity index (χ2v) is 6.62. The van der Waals surface area contributed by atoms with E-state index in [4.69, 9.17) is 0 Å². The molecule has 0 amide bonds. The molecule has 4 nitrogen and oxygen atoms in total. The van der Waals surface area contributed by atoms with Gasteiger partial charge in [0.2, 0.25) is 0 Å². The molecule has 1 aliphatic rings. The summed E-state index contributed by atoms with van der Waals surface area (Å²) in [5.74, 6) is -0.0678. The topological polar surface area (TPSA) is 66.4 Å². The van der Waals surface area contributed by atoms with Crippen LogP contribution in [-0.4, -0.2) is 13.5 Å². The van der Waals surface area contributed by atoms with Crippen molar-refractivity contribution in [2.45, 2.75) is 24.2 Å². The molecule has 0 aliphatic heterocycles. The molecule has 20 heavy (non-hydrogen) atoms. The third-order valence-electron chi connectivity index (χ3n) is 3.48. The number of hydrogen-bond donors (Lipinski definition) is 2. The van der Waals surface area contributed by atoms with Gasteiger partial charge in [-0.2, -0.15) is 0 Å². The number of nitrogens with one attached hydrogen (secondary N) is 1. The van der Waals surface area contributed by atoms with E-state index in [-0.39, 0.29) is 10.6 Å². The van der Waals surface area contributed by atoms with E-state index in [0.29, 0.717) is 5.69 Å². The summed E-state index contributed by atoms with van der Waals surface area (Å²) < 4.78 is 27.0. The number of phenols is 1. The third kappa shape index (κ3) is 2.49. The number of rotatable bonds is 3. The maximum atomic E-state index is 12.2. The Morgan fingerprint density at radius 2 is 1.80 bits per heavy atom. The van der Waals surface area contributed by atoms with Gasteiger partial charge in [0.25, 0.3) is 10.0 Å². The fraction of sp³-hybridized carbons (Fsp3) is 0.200. The summed E-state index contributed by atoms with van der Waals surface area (Å²) in [7, 11) is -3.66. The molecule has 104 valence electrons. The first-order valence-electron chi connectivity index (χ1n) is 6.48. The van der Waals surface area contributed by atoms with Crippen LogP contribution in [-0.2, 0) is 22.9 Å². The Bertz CT molecular complexity index is 753. The van der Waals surface area contributed by atoms with E-state index >= 15 is 0 Å². The van der Waals surface area contributed by atoms with Crippen LogP contribution in [0.1, 0.15) is 17.5 Å². The number of phenolic OH excluding ortho intramolecular Hbond substituents is 1. The monoisotopic (exact) mass is 289 g/mol. The van der Waals surface area contributed by atoms with Crippen LogP contribution in [0.2, 0.25) is 0 Å². The van der Waals surface area contributed by atoms with Crippen LogP contribution in [0.15, 0.2) is 47.4 Å². The number of benzene rings is 2. The van der Waals surface area contributed by atoms with Crippen molar-refractivity contribution in [1.29, 1.82) is 0 Å². The van der Waals surface area contributed by atoms with E-state index in [1.165, 1.54) is 35.4 Å². The zero-order chi connectivity index (χ0) is 14.2. The van der Waals surface area contributed by atoms with Crippen molar-refractivity contribution in [3.05, 3.63) is 53.6 Å². The van der Waals surface area contributed by atoms with Crippen LogP contribution >= 0.6 is 0 Å². The van der Waals surface area contributed by atoms with Gasteiger partial charge in [0.05, 0.1) is 4.90 Å². The second-order valence-electron chi connectivity index (χ2n) is 4.94. The van der Waals surface area contributed by atoms with Gasteiger partial charge < -0.3 is 5.11 Å². The van der Waals surface area contributed by atoms with E-state index < -0.39 is 10.0 Å². The molecule has 2 aromatic rings. The lowest BCUT2D eigenvalue weighted by Gasteiger charge is -2.10. The van der Waals surface area contributed by atoms with Crippen LogP contribution in [0.4, 0.5) is 5.69 Å². The molecule has 3 rings (SSSR count). The number of fused-ring (bicyclic) bond motifs is 1. The van der Waals surface area contributed by atoms with Gasteiger partial charge in [0, 0.05) is 11.8 Å². The highest BCUT2D eigenvalue weighted by Crippen LogP contribution is 2.26. The molecule has 1 aliphatic carbocycles. The largest absolute Gasteiger partial charge is 0.508 e. The van der Waals surface area contributed by atoms with Crippen LogP contribution in [0, 0.1) is 0 Å². The van der Waals surface area contributed by atoms with E-state index in [1.807, 2.05) is 12.1 Å². The lowest BCUT2D eigenvalue weighted by atomic mass is 10.1. The van der Waals surface area contributed by atoms with Gasteiger partial charge in [-0.3, -0.25) is 4.72 Å². The summed E-state index contributed by atoms with van der Waals surface area (Å²) in [4.78, 5) is 0.0537. The molecule has 5 heteroatoms. The van der Waals surface area contributed by atoms with Crippen molar-refractivity contribution < 1.29 is 13.5 Å². The maximum Gasteiger partial charge on any atom is 0.262 e. The predicted octanol–water partition coefficient (Wildman–Crippen LogP) is 2.68. The normalized spacial score (nSPS) is 14.0. The first-order chi connectivity index (χ1) is 9.54. The number of aromatic hydroxyl groups is 1. The highest BCUT2D eigenvalue weighted by molar-refractivity contribution is 7.92. The fourth-order valence-electron chi connectivity index (χ4n) is 2.50. The van der Waals surface area contributed by atoms with Gasteiger partial charge in [0.1, 0.15) is 5.75 Å². The lowest BCUT2D eigenvalue weighted by Crippen LogP contribution is -2.13. The minimum absolute atomic E-state index is 0.0537. The number of anilines is 1. The van der Waals surface area contributed by atoms with Gasteiger partial charge in [-0.25, -0.2) is 8.42 Å². The Morgan fingerprint density at radius 3 is 2.60 bits per heavy atom. The molecule has 0 saturated carbocycles. The molecule has 0 fully saturated rings. The SMILES string of the molecule is O=S(=O)(Nc1ccc2c(c1)CCC2)c1cccc(O)c1. The fourth-order valence-corrected chi connectivity index (χ4v) is 3.59. The van der Waals surface area contributed by atoms with Crippen molar-refractivity contribution in [1.82, 2.24) is 0 Å². The van der Waals surface area contributed by atoms with Crippen molar-refractivity contribution in [3.63, 3.8) is 0 Å². The van der Waals surface area contributed by atoms with E-state index in [1.54, 1.807) is 6.07 Å². The summed E-state index contributed by atoms with van der Waals surface area (Å²) in [5.41, 5.74) is 3.07. The molecule has 0 atom stereocenters. The number of sulfonamides is 1. The summed E-state index contributed by atoms with van der Waals surface area (Å²) in [6.07, 6.45) is 3.18. The second kappa shape index (κ2) is 4.83. The van der Waals surface area contributed by atoms with Crippen LogP contribution in [0.3, 0.4) is 0 Å². The van der Waals surface area contributed by atoms with Crippen molar-refractivity contribution in [2.75, 3.05) is 4.72 Å². The molecule has 0 saturated heterocycles. The van der Waals surface area contributed by atoms with Gasteiger partial charge in [0.15, 0.2) is 0 Å². The molecule has 0 bridgehead atoms. The van der Waals surface area contributed by atoms with Crippen molar-refractivity contribution in [2.24, 2.45) is 0 Å². The number of aryl methyl sites for hydroxylation is 2. The number of hydrogen-bond acceptors (Lipinski definition) is 3. The molecule has 0 unspecified atom stereocenters.